The summed E-state index contributed by atoms with van der Waals surface area (Å²) in [6, 6.07) is 11.6. The van der Waals surface area contributed by atoms with Gasteiger partial charge in [0.15, 0.2) is 11.5 Å². The third-order valence-electron chi connectivity index (χ3n) is 6.14. The number of nitrogens with zero attached hydrogens (tertiary/aromatic N) is 2. The van der Waals surface area contributed by atoms with Gasteiger partial charge in [-0.25, -0.2) is 8.42 Å². The van der Waals surface area contributed by atoms with Crippen molar-refractivity contribution in [2.24, 2.45) is 0 Å². The molecule has 0 fully saturated rings. The molecule has 0 saturated carbocycles. The number of hydrogen-bond acceptors (Lipinski definition) is 6. The van der Waals surface area contributed by atoms with Crippen LogP contribution in [-0.4, -0.2) is 57.3 Å². The zero-order chi connectivity index (χ0) is 26.3. The molecule has 0 radical (unpaired) electrons. The van der Waals surface area contributed by atoms with Crippen molar-refractivity contribution in [3.63, 3.8) is 0 Å². The van der Waals surface area contributed by atoms with Gasteiger partial charge >= 0.3 is 0 Å². The lowest BCUT2D eigenvalue weighted by Gasteiger charge is -2.33. The van der Waals surface area contributed by atoms with Gasteiger partial charge in [-0.2, -0.15) is 0 Å². The Bertz CT molecular complexity index is 1180. The van der Waals surface area contributed by atoms with Gasteiger partial charge < -0.3 is 19.7 Å². The summed E-state index contributed by atoms with van der Waals surface area (Å²) in [5.41, 5.74) is 2.15. The summed E-state index contributed by atoms with van der Waals surface area (Å²) in [4.78, 5) is 28.3. The maximum Gasteiger partial charge on any atom is 0.244 e. The third kappa shape index (κ3) is 6.69. The van der Waals surface area contributed by atoms with Crippen LogP contribution in [0.1, 0.15) is 44.2 Å². The predicted octanol–water partition coefficient (Wildman–Crippen LogP) is 3.21. The van der Waals surface area contributed by atoms with Gasteiger partial charge in [0.25, 0.3) is 0 Å². The molecule has 196 valence electrons. The molecule has 1 aliphatic heterocycles. The maximum absolute atomic E-state index is 13.7. The Morgan fingerprint density at radius 3 is 2.47 bits per heavy atom. The van der Waals surface area contributed by atoms with Crippen LogP contribution in [0.3, 0.4) is 0 Å². The van der Waals surface area contributed by atoms with E-state index in [0.29, 0.717) is 24.5 Å². The molecule has 1 atom stereocenters. The summed E-state index contributed by atoms with van der Waals surface area (Å²) in [5.74, 6) is 0.197. The lowest BCUT2D eigenvalue weighted by Crippen LogP contribution is -2.52. The average molecular weight is 518 g/mol. The molecule has 0 bridgehead atoms. The van der Waals surface area contributed by atoms with E-state index in [-0.39, 0.29) is 24.9 Å². The molecule has 1 heterocycles. The number of aryl methyl sites for hydroxylation is 1. The van der Waals surface area contributed by atoms with E-state index in [1.54, 1.807) is 12.1 Å². The maximum atomic E-state index is 13.7. The van der Waals surface area contributed by atoms with E-state index in [4.69, 9.17) is 9.47 Å². The Morgan fingerprint density at radius 1 is 1.08 bits per heavy atom. The molecule has 0 aliphatic carbocycles. The van der Waals surface area contributed by atoms with Gasteiger partial charge in [-0.1, -0.05) is 44.5 Å². The number of nitrogens with one attached hydrogen (secondary N) is 1. The van der Waals surface area contributed by atoms with E-state index in [9.17, 15) is 18.0 Å². The summed E-state index contributed by atoms with van der Waals surface area (Å²) < 4.78 is 37.2. The quantitative estimate of drug-likeness (QED) is 0.434. The Kier molecular flexibility index (Phi) is 9.19. The summed E-state index contributed by atoms with van der Waals surface area (Å²) in [6.45, 7) is 6.11. The molecule has 2 aromatic carbocycles. The molecule has 36 heavy (non-hydrogen) atoms. The minimum Gasteiger partial charge on any atom is -0.454 e. The van der Waals surface area contributed by atoms with Crippen LogP contribution in [-0.2, 0) is 26.2 Å². The minimum atomic E-state index is -3.83. The highest BCUT2D eigenvalue weighted by Crippen LogP contribution is 2.36. The molecular formula is C26H35N3O6S. The second-order valence-electron chi connectivity index (χ2n) is 8.82. The smallest absolute Gasteiger partial charge is 0.244 e. The number of ether oxygens (including phenoxy) is 2. The van der Waals surface area contributed by atoms with Crippen LogP contribution in [0.2, 0.25) is 0 Å². The van der Waals surface area contributed by atoms with E-state index in [2.05, 4.69) is 5.32 Å². The summed E-state index contributed by atoms with van der Waals surface area (Å²) >= 11 is 0. The number of carbonyl (C=O) groups is 2. The van der Waals surface area contributed by atoms with Gasteiger partial charge in [-0.3, -0.25) is 13.9 Å². The minimum absolute atomic E-state index is 0.0477. The molecule has 0 spiro atoms. The second-order valence-corrected chi connectivity index (χ2v) is 10.7. The Balaban J connectivity index is 1.93. The highest BCUT2D eigenvalue weighted by molar-refractivity contribution is 7.92. The van der Waals surface area contributed by atoms with Crippen LogP contribution < -0.4 is 19.1 Å². The van der Waals surface area contributed by atoms with E-state index in [0.717, 1.165) is 34.5 Å². The van der Waals surface area contributed by atoms with Crippen molar-refractivity contribution in [3.05, 3.63) is 53.6 Å². The molecule has 3 rings (SSSR count). The van der Waals surface area contributed by atoms with Gasteiger partial charge in [0.1, 0.15) is 12.6 Å². The second kappa shape index (κ2) is 12.1. The summed E-state index contributed by atoms with van der Waals surface area (Å²) in [5, 5.41) is 2.92. The molecule has 1 aliphatic rings. The Hall–Kier alpha value is -3.27. The first kappa shape index (κ1) is 27.3. The van der Waals surface area contributed by atoms with Crippen molar-refractivity contribution in [1.82, 2.24) is 10.2 Å². The molecule has 0 unspecified atom stereocenters. The zero-order valence-corrected chi connectivity index (χ0v) is 22.1. The molecular weight excluding hydrogens is 482 g/mol. The average Bonchev–Trinajstić information content (AvgIpc) is 3.31. The van der Waals surface area contributed by atoms with Gasteiger partial charge in [-0.05, 0) is 43.0 Å². The monoisotopic (exact) mass is 517 g/mol. The van der Waals surface area contributed by atoms with Crippen LogP contribution in [0, 0.1) is 6.92 Å². The van der Waals surface area contributed by atoms with Gasteiger partial charge in [0.05, 0.1) is 11.9 Å². The first-order valence-corrected chi connectivity index (χ1v) is 14.0. The first-order chi connectivity index (χ1) is 17.2. The molecule has 2 amide bonds. The SMILES string of the molecule is CCCCNC(=O)[C@H](CC)N(Cc1ccccc1C)C(=O)CN(c1ccc2c(c1)OCO2)S(C)(=O)=O. The molecule has 0 aromatic heterocycles. The van der Waals surface area contributed by atoms with Crippen LogP contribution >= 0.6 is 0 Å². The molecule has 10 heteroatoms. The third-order valence-corrected chi connectivity index (χ3v) is 7.28. The van der Waals surface area contributed by atoms with Gasteiger partial charge in [0, 0.05) is 19.2 Å². The van der Waals surface area contributed by atoms with E-state index >= 15 is 0 Å². The number of anilines is 1. The van der Waals surface area contributed by atoms with Crippen molar-refractivity contribution in [2.75, 3.05) is 30.4 Å². The van der Waals surface area contributed by atoms with Crippen LogP contribution in [0.5, 0.6) is 11.5 Å². The van der Waals surface area contributed by atoms with Crippen molar-refractivity contribution in [1.29, 1.82) is 0 Å². The lowest BCUT2D eigenvalue weighted by atomic mass is 10.1. The molecule has 2 aromatic rings. The normalized spacial score (nSPS) is 13.2. The Morgan fingerprint density at radius 2 is 1.81 bits per heavy atom. The van der Waals surface area contributed by atoms with Crippen molar-refractivity contribution in [3.8, 4) is 11.5 Å². The van der Waals surface area contributed by atoms with Crippen LogP contribution in [0.4, 0.5) is 5.69 Å². The largest absolute Gasteiger partial charge is 0.454 e. The number of hydrogen-bond donors (Lipinski definition) is 1. The fraction of sp³-hybridized carbons (Fsp3) is 0.462. The number of unbranched alkanes of at least 4 members (excludes halogenated alkanes) is 1. The molecule has 9 nitrogen and oxygen atoms in total. The van der Waals surface area contributed by atoms with E-state index in [1.165, 1.54) is 11.0 Å². The number of benzene rings is 2. The molecule has 0 saturated heterocycles. The van der Waals surface area contributed by atoms with Crippen molar-refractivity contribution >= 4 is 27.5 Å². The number of sulfonamides is 1. The lowest BCUT2D eigenvalue weighted by molar-refractivity contribution is -0.140. The highest BCUT2D eigenvalue weighted by Gasteiger charge is 2.32. The first-order valence-electron chi connectivity index (χ1n) is 12.1. The van der Waals surface area contributed by atoms with Crippen molar-refractivity contribution < 1.29 is 27.5 Å². The highest BCUT2D eigenvalue weighted by atomic mass is 32.2. The zero-order valence-electron chi connectivity index (χ0n) is 21.3. The topological polar surface area (TPSA) is 105 Å². The van der Waals surface area contributed by atoms with E-state index in [1.807, 2.05) is 45.0 Å². The fourth-order valence-corrected chi connectivity index (χ4v) is 4.89. The predicted molar refractivity (Wildman–Crippen MR) is 138 cm³/mol. The standard InChI is InChI=1S/C26H35N3O6S/c1-5-7-14-27-26(31)22(6-2)28(16-20-11-9-8-10-19(20)3)25(30)17-29(36(4,32)33)21-12-13-23-24(15-21)35-18-34-23/h8-13,15,22H,5-7,14,16-18H2,1-4H3,(H,27,31)/t22-/m0/s1. The summed E-state index contributed by atoms with van der Waals surface area (Å²) in [6.07, 6.45) is 3.20. The number of amides is 2. The fourth-order valence-electron chi connectivity index (χ4n) is 4.05. The summed E-state index contributed by atoms with van der Waals surface area (Å²) in [7, 11) is -3.83. The Labute approximate surface area is 213 Å². The van der Waals surface area contributed by atoms with Gasteiger partial charge in [0.2, 0.25) is 28.6 Å². The van der Waals surface area contributed by atoms with E-state index < -0.39 is 28.5 Å². The van der Waals surface area contributed by atoms with Crippen molar-refractivity contribution in [2.45, 2.75) is 52.6 Å². The molecule has 1 N–H and O–H groups in total. The number of fused-ring (bicyclic) bond motifs is 1. The number of carbonyl (C=O) groups excluding carboxylic acids is 2. The van der Waals surface area contributed by atoms with Crippen LogP contribution in [0.25, 0.3) is 0 Å². The van der Waals surface area contributed by atoms with Crippen LogP contribution in [0.15, 0.2) is 42.5 Å². The van der Waals surface area contributed by atoms with Gasteiger partial charge in [-0.15, -0.1) is 0 Å². The number of rotatable bonds is 12.